The summed E-state index contributed by atoms with van der Waals surface area (Å²) in [6.45, 7) is 4.57. The molecule has 4 heterocycles. The first-order valence-electron chi connectivity index (χ1n) is 10.5. The third-order valence-corrected chi connectivity index (χ3v) is 10.0. The summed E-state index contributed by atoms with van der Waals surface area (Å²) in [5.74, 6) is -0.308. The Morgan fingerprint density at radius 3 is 2.41 bits per heavy atom. The van der Waals surface area contributed by atoms with Crippen LogP contribution in [0.3, 0.4) is 0 Å². The number of carbonyl (C=O) groups excluding carboxylic acids is 2. The predicted molar refractivity (Wildman–Crippen MR) is 131 cm³/mol. The van der Waals surface area contributed by atoms with Gasteiger partial charge in [0.2, 0.25) is 0 Å². The Balaban J connectivity index is 1.48. The predicted octanol–water partition coefficient (Wildman–Crippen LogP) is 6.00. The molecule has 3 aromatic heterocycles. The quantitative estimate of drug-likeness (QED) is 0.162. The van der Waals surface area contributed by atoms with E-state index >= 15 is 0 Å². The first-order valence-corrected chi connectivity index (χ1v) is 13.1. The number of nitrogens with zero attached hydrogens (tertiary/aromatic N) is 1. The fourth-order valence-electron chi connectivity index (χ4n) is 5.26. The number of carbonyl (C=O) groups is 2. The van der Waals surface area contributed by atoms with Crippen molar-refractivity contribution in [3.8, 4) is 4.56 Å². The Hall–Kier alpha value is -2.98. The van der Waals surface area contributed by atoms with E-state index in [1.807, 2.05) is 18.2 Å². The number of hydrogen-bond acceptors (Lipinski definition) is 3. The van der Waals surface area contributed by atoms with Gasteiger partial charge in [0.05, 0.1) is 0 Å². The third kappa shape index (κ3) is 2.16. The summed E-state index contributed by atoms with van der Waals surface area (Å²) in [5.41, 5.74) is 5.14. The summed E-state index contributed by atoms with van der Waals surface area (Å²) in [4.78, 5) is 27.2. The number of thiophene rings is 1. The molecule has 0 fully saturated rings. The van der Waals surface area contributed by atoms with Crippen molar-refractivity contribution in [2.75, 3.05) is 0 Å². The van der Waals surface area contributed by atoms with Gasteiger partial charge >= 0.3 is 195 Å². The number of para-hydroxylation sites is 1. The number of aromatic nitrogens is 1. The summed E-state index contributed by atoms with van der Waals surface area (Å²) >= 11 is 1.78. The molecule has 3 nitrogen and oxygen atoms in total. The summed E-state index contributed by atoms with van der Waals surface area (Å²) in [6.07, 6.45) is 1.86. The molecule has 7 rings (SSSR count). The molecule has 0 spiro atoms. The standard InChI is InChI=1S/C27H17NO2SSe/c1-27(2)20-9-5-8-15-18-10-11-31-25(18)28(22(15)20)26-21(27)13-14(32-26)12-19-23(29)16-6-3-4-7-17(16)24(19)30/h3-13H,1-2H3. The SMILES string of the molecule is CC1(C)c2cc(C=C3C(=O)c4ccccc4C3=O)[se]c2-n2c3sccc3c3cccc1c32. The number of benzene rings is 2. The monoisotopic (exact) mass is 499 g/mol. The van der Waals surface area contributed by atoms with Crippen LogP contribution in [-0.2, 0) is 5.41 Å². The molecule has 0 saturated heterocycles. The van der Waals surface area contributed by atoms with Crippen molar-refractivity contribution in [2.45, 2.75) is 19.3 Å². The summed E-state index contributed by atoms with van der Waals surface area (Å²) in [7, 11) is 0. The fourth-order valence-corrected chi connectivity index (χ4v) is 8.99. The minimum absolute atomic E-state index is 0.00530. The van der Waals surface area contributed by atoms with Gasteiger partial charge in [-0.25, -0.2) is 0 Å². The molecule has 154 valence electrons. The number of allylic oxidation sites excluding steroid dienone is 1. The number of Topliss-reactive ketones (excluding diaryl/α,β-unsaturated/α-hetero) is 2. The van der Waals surface area contributed by atoms with Crippen LogP contribution in [-0.4, -0.2) is 30.6 Å². The van der Waals surface area contributed by atoms with Gasteiger partial charge in [0.1, 0.15) is 0 Å². The molecule has 1 aliphatic heterocycles. The van der Waals surface area contributed by atoms with E-state index < -0.39 is 0 Å². The molecule has 0 radical (unpaired) electrons. The Morgan fingerprint density at radius 2 is 1.66 bits per heavy atom. The molecule has 0 bridgehead atoms. The topological polar surface area (TPSA) is 39.1 Å². The molecule has 32 heavy (non-hydrogen) atoms. The number of fused-ring (bicyclic) bond motifs is 6. The van der Waals surface area contributed by atoms with Gasteiger partial charge < -0.3 is 0 Å². The molecule has 0 atom stereocenters. The van der Waals surface area contributed by atoms with Crippen molar-refractivity contribution < 1.29 is 9.59 Å². The molecule has 0 N–H and O–H groups in total. The maximum atomic E-state index is 12.9. The molecule has 0 unspecified atom stereocenters. The number of hydrogen-bond donors (Lipinski definition) is 0. The minimum atomic E-state index is -0.154. The van der Waals surface area contributed by atoms with Gasteiger partial charge in [0.15, 0.2) is 0 Å². The second kappa shape index (κ2) is 6.08. The molecule has 5 aromatic rings. The average Bonchev–Trinajstić information content (AvgIpc) is 3.53. The Morgan fingerprint density at radius 1 is 0.906 bits per heavy atom. The van der Waals surface area contributed by atoms with Gasteiger partial charge in [-0.2, -0.15) is 0 Å². The van der Waals surface area contributed by atoms with E-state index in [1.54, 1.807) is 23.5 Å². The van der Waals surface area contributed by atoms with Crippen LogP contribution < -0.4 is 0 Å². The van der Waals surface area contributed by atoms with Crippen LogP contribution in [0.4, 0.5) is 0 Å². The molecule has 2 aliphatic rings. The van der Waals surface area contributed by atoms with Gasteiger partial charge in [0.25, 0.3) is 0 Å². The van der Waals surface area contributed by atoms with Crippen LogP contribution in [0, 0.1) is 0 Å². The summed E-state index contributed by atoms with van der Waals surface area (Å²) in [6, 6.07) is 18.2. The van der Waals surface area contributed by atoms with E-state index in [1.165, 1.54) is 36.8 Å². The van der Waals surface area contributed by atoms with Gasteiger partial charge in [0, 0.05) is 0 Å². The van der Waals surface area contributed by atoms with Crippen LogP contribution in [0.1, 0.15) is 50.1 Å². The van der Waals surface area contributed by atoms with Crippen molar-refractivity contribution >= 4 is 64.6 Å². The van der Waals surface area contributed by atoms with E-state index in [2.05, 4.69) is 54.1 Å². The first-order chi connectivity index (χ1) is 15.5. The zero-order valence-electron chi connectivity index (χ0n) is 17.4. The normalized spacial score (nSPS) is 16.1. The van der Waals surface area contributed by atoms with Gasteiger partial charge in [-0.05, 0) is 0 Å². The number of ketones is 2. The van der Waals surface area contributed by atoms with E-state index in [0.29, 0.717) is 16.7 Å². The van der Waals surface area contributed by atoms with Gasteiger partial charge in [-0.3, -0.25) is 0 Å². The van der Waals surface area contributed by atoms with Gasteiger partial charge in [-0.1, -0.05) is 0 Å². The Kier molecular flexibility index (Phi) is 3.53. The van der Waals surface area contributed by atoms with Crippen LogP contribution in [0.25, 0.3) is 31.8 Å². The van der Waals surface area contributed by atoms with Crippen molar-refractivity contribution in [1.82, 2.24) is 4.57 Å². The van der Waals surface area contributed by atoms with Crippen LogP contribution >= 0.6 is 11.3 Å². The second-order valence-corrected chi connectivity index (χ2v) is 12.1. The zero-order chi connectivity index (χ0) is 21.8. The Bertz CT molecular complexity index is 1650. The zero-order valence-corrected chi connectivity index (χ0v) is 20.0. The van der Waals surface area contributed by atoms with Gasteiger partial charge in [-0.15, -0.1) is 0 Å². The van der Waals surface area contributed by atoms with Crippen molar-refractivity contribution in [3.63, 3.8) is 0 Å². The van der Waals surface area contributed by atoms with Crippen molar-refractivity contribution in [2.24, 2.45) is 0 Å². The summed E-state index contributed by atoms with van der Waals surface area (Å²) < 4.78 is 4.85. The molecule has 1 aliphatic carbocycles. The van der Waals surface area contributed by atoms with Crippen LogP contribution in [0.5, 0.6) is 0 Å². The third-order valence-electron chi connectivity index (χ3n) is 6.87. The van der Waals surface area contributed by atoms with E-state index in [0.717, 1.165) is 4.44 Å². The first kappa shape index (κ1) is 18.6. The van der Waals surface area contributed by atoms with E-state index in [4.69, 9.17) is 0 Å². The van der Waals surface area contributed by atoms with Crippen LogP contribution in [0.15, 0.2) is 65.6 Å². The summed E-state index contributed by atoms with van der Waals surface area (Å²) in [5, 5.41) is 4.76. The molecule has 0 amide bonds. The van der Waals surface area contributed by atoms with Crippen molar-refractivity contribution in [3.05, 3.63) is 92.2 Å². The molecule has 0 saturated carbocycles. The molecule has 2 aromatic carbocycles. The maximum absolute atomic E-state index is 12.9. The molecular weight excluding hydrogens is 481 g/mol. The van der Waals surface area contributed by atoms with Crippen molar-refractivity contribution in [1.29, 1.82) is 0 Å². The Labute approximate surface area is 194 Å². The van der Waals surface area contributed by atoms with Crippen LogP contribution in [0.2, 0.25) is 0 Å². The molecule has 5 heteroatoms. The van der Waals surface area contributed by atoms with E-state index in [9.17, 15) is 9.59 Å². The number of rotatable bonds is 1. The second-order valence-electron chi connectivity index (χ2n) is 8.93. The van der Waals surface area contributed by atoms with E-state index in [-0.39, 0.29) is 31.5 Å². The molecular formula is C27H17NO2SSe. The fraction of sp³-hybridized carbons (Fsp3) is 0.111. The average molecular weight is 498 g/mol.